The fraction of sp³-hybridized carbons (Fsp3) is 0.364. The summed E-state index contributed by atoms with van der Waals surface area (Å²) in [5.74, 6) is -2.48. The summed E-state index contributed by atoms with van der Waals surface area (Å²) in [5.41, 5.74) is -0.334. The number of esters is 1. The Balaban J connectivity index is 3.18. The quantitative estimate of drug-likeness (QED) is 0.614. The standard InChI is InChI=1S/C11H10ClF3O3/c1-2-17-10(16)7-3-6(18-11(14)15)4-9(13)8(7)5-12/h3-4,11H,2,5H2,1H3. The van der Waals surface area contributed by atoms with Gasteiger partial charge in [-0.2, -0.15) is 8.78 Å². The second kappa shape index (κ2) is 6.49. The summed E-state index contributed by atoms with van der Waals surface area (Å²) in [6.45, 7) is -1.47. The van der Waals surface area contributed by atoms with E-state index in [4.69, 9.17) is 11.6 Å². The molecule has 0 atom stereocenters. The van der Waals surface area contributed by atoms with Crippen LogP contribution in [0.3, 0.4) is 0 Å². The summed E-state index contributed by atoms with van der Waals surface area (Å²) in [6.07, 6.45) is 0. The summed E-state index contributed by atoms with van der Waals surface area (Å²) in [6, 6.07) is 1.72. The number of benzene rings is 1. The van der Waals surface area contributed by atoms with Crippen LogP contribution in [0.5, 0.6) is 5.75 Å². The molecule has 0 aliphatic rings. The lowest BCUT2D eigenvalue weighted by molar-refractivity contribution is -0.0501. The first-order valence-electron chi connectivity index (χ1n) is 4.99. The van der Waals surface area contributed by atoms with Crippen LogP contribution >= 0.6 is 11.6 Å². The minimum absolute atomic E-state index is 0.0715. The number of ether oxygens (including phenoxy) is 2. The van der Waals surface area contributed by atoms with Gasteiger partial charge in [-0.15, -0.1) is 11.6 Å². The molecule has 0 heterocycles. The number of carbonyl (C=O) groups excluding carboxylic acids is 1. The molecule has 0 N–H and O–H groups in total. The van der Waals surface area contributed by atoms with Gasteiger partial charge in [-0.25, -0.2) is 9.18 Å². The monoisotopic (exact) mass is 282 g/mol. The van der Waals surface area contributed by atoms with Crippen molar-refractivity contribution in [3.05, 3.63) is 29.1 Å². The van der Waals surface area contributed by atoms with Gasteiger partial charge in [0.2, 0.25) is 0 Å². The van der Waals surface area contributed by atoms with Crippen LogP contribution in [0.4, 0.5) is 13.2 Å². The van der Waals surface area contributed by atoms with Crippen LogP contribution in [-0.4, -0.2) is 19.2 Å². The molecule has 0 bridgehead atoms. The Morgan fingerprint density at radius 3 is 2.61 bits per heavy atom. The Hall–Kier alpha value is -1.43. The summed E-state index contributed by atoms with van der Waals surface area (Å²) < 4.78 is 46.3. The first-order chi connectivity index (χ1) is 8.49. The smallest absolute Gasteiger partial charge is 0.387 e. The lowest BCUT2D eigenvalue weighted by Crippen LogP contribution is -2.11. The van der Waals surface area contributed by atoms with E-state index >= 15 is 0 Å². The van der Waals surface area contributed by atoms with Crippen molar-refractivity contribution in [2.75, 3.05) is 6.61 Å². The van der Waals surface area contributed by atoms with Crippen LogP contribution in [0.15, 0.2) is 12.1 Å². The van der Waals surface area contributed by atoms with Crippen molar-refractivity contribution in [2.45, 2.75) is 19.4 Å². The van der Waals surface area contributed by atoms with Gasteiger partial charge in [0, 0.05) is 11.6 Å². The maximum absolute atomic E-state index is 13.5. The van der Waals surface area contributed by atoms with Crippen LogP contribution in [0.1, 0.15) is 22.8 Å². The van der Waals surface area contributed by atoms with Crippen LogP contribution in [-0.2, 0) is 10.6 Å². The topological polar surface area (TPSA) is 35.5 Å². The number of carbonyl (C=O) groups is 1. The van der Waals surface area contributed by atoms with Crippen molar-refractivity contribution in [3.8, 4) is 5.75 Å². The van der Waals surface area contributed by atoms with Gasteiger partial charge in [0.15, 0.2) is 0 Å². The zero-order chi connectivity index (χ0) is 13.7. The Kier molecular flexibility index (Phi) is 5.27. The number of hydrogen-bond acceptors (Lipinski definition) is 3. The first kappa shape index (κ1) is 14.6. The van der Waals surface area contributed by atoms with E-state index in [0.29, 0.717) is 0 Å². The zero-order valence-electron chi connectivity index (χ0n) is 9.38. The molecule has 0 spiro atoms. The highest BCUT2D eigenvalue weighted by atomic mass is 35.5. The molecule has 0 aliphatic heterocycles. The third kappa shape index (κ3) is 3.53. The highest BCUT2D eigenvalue weighted by molar-refractivity contribution is 6.17. The summed E-state index contributed by atoms with van der Waals surface area (Å²) in [4.78, 5) is 11.5. The molecule has 18 heavy (non-hydrogen) atoms. The molecule has 0 aliphatic carbocycles. The average Bonchev–Trinajstić information content (AvgIpc) is 2.27. The molecule has 1 rings (SSSR count). The average molecular weight is 283 g/mol. The largest absolute Gasteiger partial charge is 0.462 e. The summed E-state index contributed by atoms with van der Waals surface area (Å²) >= 11 is 5.50. The summed E-state index contributed by atoms with van der Waals surface area (Å²) in [7, 11) is 0. The third-order valence-electron chi connectivity index (χ3n) is 2.02. The molecule has 0 radical (unpaired) electrons. The van der Waals surface area contributed by atoms with E-state index in [1.54, 1.807) is 6.92 Å². The van der Waals surface area contributed by atoms with Crippen molar-refractivity contribution in [1.82, 2.24) is 0 Å². The van der Waals surface area contributed by atoms with Gasteiger partial charge in [0.25, 0.3) is 0 Å². The Bertz CT molecular complexity index is 438. The lowest BCUT2D eigenvalue weighted by atomic mass is 10.1. The second-order valence-electron chi connectivity index (χ2n) is 3.16. The second-order valence-corrected chi connectivity index (χ2v) is 3.43. The van der Waals surface area contributed by atoms with E-state index in [9.17, 15) is 18.0 Å². The normalized spacial score (nSPS) is 10.6. The maximum Gasteiger partial charge on any atom is 0.387 e. The van der Waals surface area contributed by atoms with Crippen molar-refractivity contribution in [1.29, 1.82) is 0 Å². The summed E-state index contributed by atoms with van der Waals surface area (Å²) in [5, 5.41) is 0. The fourth-order valence-electron chi connectivity index (χ4n) is 1.31. The number of hydrogen-bond donors (Lipinski definition) is 0. The first-order valence-corrected chi connectivity index (χ1v) is 5.53. The van der Waals surface area contributed by atoms with E-state index in [-0.39, 0.29) is 23.6 Å². The molecule has 7 heteroatoms. The van der Waals surface area contributed by atoms with Gasteiger partial charge in [-0.05, 0) is 13.0 Å². The molecule has 0 aromatic heterocycles. The molecule has 3 nitrogen and oxygen atoms in total. The van der Waals surface area contributed by atoms with Gasteiger partial charge in [-0.1, -0.05) is 0 Å². The Morgan fingerprint density at radius 1 is 1.44 bits per heavy atom. The number of rotatable bonds is 5. The molecular formula is C11H10ClF3O3. The van der Waals surface area contributed by atoms with Gasteiger partial charge >= 0.3 is 12.6 Å². The number of halogens is 4. The van der Waals surface area contributed by atoms with Gasteiger partial charge in [0.05, 0.1) is 18.1 Å². The van der Waals surface area contributed by atoms with E-state index in [1.807, 2.05) is 0 Å². The lowest BCUT2D eigenvalue weighted by Gasteiger charge is -2.11. The van der Waals surface area contributed by atoms with Crippen molar-refractivity contribution >= 4 is 17.6 Å². The van der Waals surface area contributed by atoms with E-state index in [1.165, 1.54) is 0 Å². The predicted octanol–water partition coefficient (Wildman–Crippen LogP) is 3.34. The van der Waals surface area contributed by atoms with Crippen molar-refractivity contribution < 1.29 is 27.4 Å². The Morgan fingerprint density at radius 2 is 2.11 bits per heavy atom. The molecule has 0 fully saturated rings. The zero-order valence-corrected chi connectivity index (χ0v) is 10.1. The molecule has 100 valence electrons. The molecular weight excluding hydrogens is 273 g/mol. The van der Waals surface area contributed by atoms with Crippen LogP contribution in [0.25, 0.3) is 0 Å². The maximum atomic E-state index is 13.5. The van der Waals surface area contributed by atoms with Crippen LogP contribution in [0.2, 0.25) is 0 Å². The number of alkyl halides is 3. The van der Waals surface area contributed by atoms with Crippen LogP contribution < -0.4 is 4.74 Å². The molecule has 1 aromatic rings. The van der Waals surface area contributed by atoms with E-state index in [0.717, 1.165) is 12.1 Å². The third-order valence-corrected chi connectivity index (χ3v) is 2.29. The molecule has 1 aromatic carbocycles. The van der Waals surface area contributed by atoms with Crippen molar-refractivity contribution in [2.24, 2.45) is 0 Å². The van der Waals surface area contributed by atoms with Crippen molar-refractivity contribution in [3.63, 3.8) is 0 Å². The van der Waals surface area contributed by atoms with Gasteiger partial charge in [0.1, 0.15) is 11.6 Å². The highest BCUT2D eigenvalue weighted by Crippen LogP contribution is 2.25. The SMILES string of the molecule is CCOC(=O)c1cc(OC(F)F)cc(F)c1CCl. The van der Waals surface area contributed by atoms with Gasteiger partial charge < -0.3 is 9.47 Å². The van der Waals surface area contributed by atoms with E-state index in [2.05, 4.69) is 9.47 Å². The molecule has 0 amide bonds. The molecule has 0 unspecified atom stereocenters. The minimum Gasteiger partial charge on any atom is -0.462 e. The van der Waals surface area contributed by atoms with Gasteiger partial charge in [-0.3, -0.25) is 0 Å². The highest BCUT2D eigenvalue weighted by Gasteiger charge is 2.19. The molecule has 0 saturated heterocycles. The minimum atomic E-state index is -3.11. The fourth-order valence-corrected chi connectivity index (χ4v) is 1.58. The van der Waals surface area contributed by atoms with E-state index < -0.39 is 24.1 Å². The predicted molar refractivity (Wildman–Crippen MR) is 58.5 cm³/mol. The molecule has 0 saturated carbocycles. The Labute approximate surface area is 106 Å². The van der Waals surface area contributed by atoms with Crippen LogP contribution in [0, 0.1) is 5.82 Å².